The molecule has 2 aromatic heterocycles. The highest BCUT2D eigenvalue weighted by Crippen LogP contribution is 2.36. The lowest BCUT2D eigenvalue weighted by molar-refractivity contribution is 0.0937. The lowest BCUT2D eigenvalue weighted by Crippen LogP contribution is -2.42. The van der Waals surface area contributed by atoms with Gasteiger partial charge in [0.1, 0.15) is 17.9 Å². The summed E-state index contributed by atoms with van der Waals surface area (Å²) in [5, 5.41) is 22.4. The summed E-state index contributed by atoms with van der Waals surface area (Å²) in [6, 6.07) is 7.49. The first-order chi connectivity index (χ1) is 13.2. The van der Waals surface area contributed by atoms with Crippen molar-refractivity contribution in [2.24, 2.45) is 0 Å². The van der Waals surface area contributed by atoms with Gasteiger partial charge in [-0.15, -0.1) is 0 Å². The molecule has 1 saturated carbocycles. The van der Waals surface area contributed by atoms with Crippen molar-refractivity contribution in [3.63, 3.8) is 0 Å². The van der Waals surface area contributed by atoms with Gasteiger partial charge in [0, 0.05) is 23.2 Å². The van der Waals surface area contributed by atoms with Crippen molar-refractivity contribution in [2.45, 2.75) is 64.5 Å². The Morgan fingerprint density at radius 1 is 1.36 bits per heavy atom. The molecule has 0 aliphatic heterocycles. The molecule has 0 spiro atoms. The lowest BCUT2D eigenvalue weighted by Gasteiger charge is -2.22. The molecule has 8 nitrogen and oxygen atoms in total. The molecule has 0 saturated heterocycles. The second-order valence-electron chi connectivity index (χ2n) is 8.19. The number of nitrogens with zero attached hydrogens (tertiary/aromatic N) is 3. The van der Waals surface area contributed by atoms with Gasteiger partial charge >= 0.3 is 6.09 Å². The molecule has 3 N–H and O–H groups in total. The zero-order chi connectivity index (χ0) is 20.3. The Labute approximate surface area is 164 Å². The van der Waals surface area contributed by atoms with Crippen molar-refractivity contribution < 1.29 is 9.53 Å². The lowest BCUT2D eigenvalue weighted by atomic mass is 10.0. The Hall–Kier alpha value is -3.08. The number of H-pyrrole nitrogens is 1. The Balaban J connectivity index is 1.57. The van der Waals surface area contributed by atoms with Crippen LogP contribution in [0, 0.1) is 18.3 Å². The molecule has 2 heterocycles. The SMILES string of the molecule is Cc1nc(C#N)ccc1Nc1cc([C@H]2CC[C@@H](OC(=O)NC(C)(C)C)C2)[nH]n1. The van der Waals surface area contributed by atoms with E-state index in [9.17, 15) is 4.79 Å². The summed E-state index contributed by atoms with van der Waals surface area (Å²) in [5.74, 6) is 0.968. The summed E-state index contributed by atoms with van der Waals surface area (Å²) in [6.07, 6.45) is 2.09. The predicted octanol–water partition coefficient (Wildman–Crippen LogP) is 3.89. The van der Waals surface area contributed by atoms with Crippen molar-refractivity contribution >= 4 is 17.6 Å². The van der Waals surface area contributed by atoms with Gasteiger partial charge in [0.2, 0.25) is 0 Å². The molecule has 2 aromatic rings. The number of anilines is 2. The summed E-state index contributed by atoms with van der Waals surface area (Å²) in [7, 11) is 0. The maximum atomic E-state index is 12.0. The highest BCUT2D eigenvalue weighted by Gasteiger charge is 2.30. The summed E-state index contributed by atoms with van der Waals surface area (Å²) in [6.45, 7) is 7.63. The van der Waals surface area contributed by atoms with E-state index in [0.29, 0.717) is 11.5 Å². The van der Waals surface area contributed by atoms with E-state index in [4.69, 9.17) is 10.00 Å². The molecule has 1 aliphatic rings. The van der Waals surface area contributed by atoms with Gasteiger partial charge in [-0.1, -0.05) is 0 Å². The van der Waals surface area contributed by atoms with E-state index in [1.165, 1.54) is 0 Å². The molecule has 0 radical (unpaired) electrons. The summed E-state index contributed by atoms with van der Waals surface area (Å²) in [4.78, 5) is 16.2. The minimum atomic E-state index is -0.367. The number of hydrogen-bond acceptors (Lipinski definition) is 6. The zero-order valence-electron chi connectivity index (χ0n) is 16.7. The Kier molecular flexibility index (Phi) is 5.54. The van der Waals surface area contributed by atoms with Crippen LogP contribution in [-0.2, 0) is 4.74 Å². The molecule has 1 fully saturated rings. The van der Waals surface area contributed by atoms with E-state index in [1.54, 1.807) is 6.07 Å². The molecule has 8 heteroatoms. The first kappa shape index (κ1) is 19.7. The fourth-order valence-corrected chi connectivity index (χ4v) is 3.32. The largest absolute Gasteiger partial charge is 0.446 e. The van der Waals surface area contributed by atoms with Crippen molar-refractivity contribution in [1.82, 2.24) is 20.5 Å². The Morgan fingerprint density at radius 3 is 2.82 bits per heavy atom. The fourth-order valence-electron chi connectivity index (χ4n) is 3.32. The van der Waals surface area contributed by atoms with Gasteiger partial charge in [-0.3, -0.25) is 5.10 Å². The van der Waals surface area contributed by atoms with E-state index < -0.39 is 0 Å². The average Bonchev–Trinajstić information content (AvgIpc) is 3.24. The molecule has 148 valence electrons. The average molecular weight is 382 g/mol. The van der Waals surface area contributed by atoms with E-state index in [1.807, 2.05) is 45.9 Å². The van der Waals surface area contributed by atoms with Crippen LogP contribution in [0.25, 0.3) is 0 Å². The monoisotopic (exact) mass is 382 g/mol. The standard InChI is InChI=1S/C20H26N6O2/c1-12-16(8-6-14(11-21)22-12)23-18-10-17(25-26-18)13-5-7-15(9-13)28-19(27)24-20(2,3)4/h6,8,10,13,15H,5,7,9H2,1-4H3,(H,24,27)(H2,23,25,26)/t13-,15+/m0/s1. The zero-order valence-corrected chi connectivity index (χ0v) is 16.7. The van der Waals surface area contributed by atoms with Crippen molar-refractivity contribution in [2.75, 3.05) is 5.32 Å². The minimum absolute atomic E-state index is 0.0861. The van der Waals surface area contributed by atoms with Gasteiger partial charge in [0.25, 0.3) is 0 Å². The van der Waals surface area contributed by atoms with Crippen LogP contribution >= 0.6 is 0 Å². The van der Waals surface area contributed by atoms with Crippen molar-refractivity contribution in [1.29, 1.82) is 5.26 Å². The third kappa shape index (κ3) is 5.00. The topological polar surface area (TPSA) is 116 Å². The number of nitriles is 1. The van der Waals surface area contributed by atoms with Crippen molar-refractivity contribution in [3.05, 3.63) is 35.3 Å². The van der Waals surface area contributed by atoms with Crippen LogP contribution in [0.1, 0.15) is 63.0 Å². The number of hydrogen-bond donors (Lipinski definition) is 3. The molecule has 28 heavy (non-hydrogen) atoms. The minimum Gasteiger partial charge on any atom is -0.446 e. The Morgan fingerprint density at radius 2 is 2.14 bits per heavy atom. The van der Waals surface area contributed by atoms with Crippen LogP contribution in [0.4, 0.5) is 16.3 Å². The number of aryl methyl sites for hydroxylation is 1. The molecule has 0 aromatic carbocycles. The summed E-state index contributed by atoms with van der Waals surface area (Å²) < 4.78 is 5.54. The molecular formula is C20H26N6O2. The third-order valence-corrected chi connectivity index (χ3v) is 4.64. The quantitative estimate of drug-likeness (QED) is 0.739. The van der Waals surface area contributed by atoms with Gasteiger partial charge in [-0.25, -0.2) is 9.78 Å². The summed E-state index contributed by atoms with van der Waals surface area (Å²) in [5.41, 5.74) is 2.64. The van der Waals surface area contributed by atoms with Crippen LogP contribution in [0.5, 0.6) is 0 Å². The van der Waals surface area contributed by atoms with Gasteiger partial charge in [0.05, 0.1) is 11.4 Å². The molecule has 1 aliphatic carbocycles. The number of amides is 1. The number of carbonyl (C=O) groups excluding carboxylic acids is 1. The van der Waals surface area contributed by atoms with Gasteiger partial charge in [-0.2, -0.15) is 10.4 Å². The second kappa shape index (κ2) is 7.89. The van der Waals surface area contributed by atoms with Crippen LogP contribution in [0.2, 0.25) is 0 Å². The molecular weight excluding hydrogens is 356 g/mol. The molecule has 1 amide bonds. The number of aromatic amines is 1. The number of pyridine rings is 1. The van der Waals surface area contributed by atoms with Crippen LogP contribution < -0.4 is 10.6 Å². The van der Waals surface area contributed by atoms with E-state index in [0.717, 1.165) is 36.3 Å². The van der Waals surface area contributed by atoms with E-state index in [2.05, 4.69) is 25.8 Å². The van der Waals surface area contributed by atoms with Gasteiger partial charge in [0.15, 0.2) is 5.82 Å². The number of aromatic nitrogens is 3. The van der Waals surface area contributed by atoms with E-state index >= 15 is 0 Å². The number of nitrogens with one attached hydrogen (secondary N) is 3. The number of carbonyl (C=O) groups is 1. The maximum Gasteiger partial charge on any atom is 0.407 e. The molecule has 0 unspecified atom stereocenters. The third-order valence-electron chi connectivity index (χ3n) is 4.64. The molecule has 3 rings (SSSR count). The van der Waals surface area contributed by atoms with Crippen LogP contribution in [-0.4, -0.2) is 32.9 Å². The normalized spacial score (nSPS) is 19.1. The maximum absolute atomic E-state index is 12.0. The van der Waals surface area contributed by atoms with Crippen molar-refractivity contribution in [3.8, 4) is 6.07 Å². The van der Waals surface area contributed by atoms with Gasteiger partial charge < -0.3 is 15.4 Å². The predicted molar refractivity (Wildman–Crippen MR) is 105 cm³/mol. The molecule has 2 atom stereocenters. The highest BCUT2D eigenvalue weighted by atomic mass is 16.6. The van der Waals surface area contributed by atoms with Gasteiger partial charge in [-0.05, 0) is 59.1 Å². The number of ether oxygens (including phenoxy) is 1. The smallest absolute Gasteiger partial charge is 0.407 e. The van der Waals surface area contributed by atoms with E-state index in [-0.39, 0.29) is 23.7 Å². The van der Waals surface area contributed by atoms with Crippen LogP contribution in [0.15, 0.2) is 18.2 Å². The highest BCUT2D eigenvalue weighted by molar-refractivity contribution is 5.68. The number of rotatable bonds is 4. The van der Waals surface area contributed by atoms with Crippen LogP contribution in [0.3, 0.4) is 0 Å². The Bertz CT molecular complexity index is 893. The molecule has 0 bridgehead atoms. The first-order valence-corrected chi connectivity index (χ1v) is 9.42. The second-order valence-corrected chi connectivity index (χ2v) is 8.19. The summed E-state index contributed by atoms with van der Waals surface area (Å²) >= 11 is 0. The first-order valence-electron chi connectivity index (χ1n) is 9.42. The number of alkyl carbamates (subject to hydrolysis) is 1. The fraction of sp³-hybridized carbons (Fsp3) is 0.500.